The molecule has 134 valence electrons. The van der Waals surface area contributed by atoms with Gasteiger partial charge in [0.05, 0.1) is 17.2 Å². The van der Waals surface area contributed by atoms with Crippen LogP contribution in [0.5, 0.6) is 0 Å². The molecule has 0 unspecified atom stereocenters. The molecule has 0 N–H and O–H groups in total. The highest BCUT2D eigenvalue weighted by atomic mass is 19.1. The predicted octanol–water partition coefficient (Wildman–Crippen LogP) is 3.62. The summed E-state index contributed by atoms with van der Waals surface area (Å²) in [6, 6.07) is 5.06. The minimum Gasteiger partial charge on any atom is -0.444 e. The quantitative estimate of drug-likeness (QED) is 0.764. The highest BCUT2D eigenvalue weighted by molar-refractivity contribution is 6.02. The van der Waals surface area contributed by atoms with Crippen molar-refractivity contribution in [1.82, 2.24) is 4.90 Å². The van der Waals surface area contributed by atoms with Gasteiger partial charge >= 0.3 is 6.09 Å². The topological polar surface area (TPSA) is 70.4 Å². The third-order valence-corrected chi connectivity index (χ3v) is 3.96. The zero-order valence-electron chi connectivity index (χ0n) is 14.4. The minimum absolute atomic E-state index is 0.00898. The van der Waals surface area contributed by atoms with Crippen LogP contribution in [0.25, 0.3) is 0 Å². The van der Waals surface area contributed by atoms with Crippen molar-refractivity contribution in [1.29, 1.82) is 5.26 Å². The van der Waals surface area contributed by atoms with Crippen molar-refractivity contribution in [2.24, 2.45) is 0 Å². The Morgan fingerprint density at radius 3 is 2.36 bits per heavy atom. The van der Waals surface area contributed by atoms with Crippen molar-refractivity contribution in [2.45, 2.75) is 44.9 Å². The molecule has 1 heterocycles. The normalized spacial score (nSPS) is 16.9. The molecule has 0 bridgehead atoms. The number of nitriles is 1. The largest absolute Gasteiger partial charge is 0.444 e. The lowest BCUT2D eigenvalue weighted by Gasteiger charge is -2.36. The molecule has 1 fully saturated rings. The van der Waals surface area contributed by atoms with E-state index < -0.39 is 29.0 Å². The molecule has 1 aliphatic heterocycles. The first kappa shape index (κ1) is 18.8. The van der Waals surface area contributed by atoms with Gasteiger partial charge in [0.2, 0.25) is 5.78 Å². The van der Waals surface area contributed by atoms with Gasteiger partial charge in [-0.1, -0.05) is 0 Å². The molecule has 1 aliphatic rings. The van der Waals surface area contributed by atoms with Gasteiger partial charge in [0.15, 0.2) is 5.67 Å². The molecular weight excluding hydrogens is 330 g/mol. The van der Waals surface area contributed by atoms with E-state index in [4.69, 9.17) is 10.00 Å². The number of Topliss-reactive ketones (excluding diaryl/α,β-unsaturated/α-hetero) is 1. The van der Waals surface area contributed by atoms with Crippen molar-refractivity contribution >= 4 is 11.9 Å². The summed E-state index contributed by atoms with van der Waals surface area (Å²) in [7, 11) is 0. The average Bonchev–Trinajstić information content (AvgIpc) is 2.53. The fourth-order valence-electron chi connectivity index (χ4n) is 2.61. The summed E-state index contributed by atoms with van der Waals surface area (Å²) < 4.78 is 34.2. The van der Waals surface area contributed by atoms with Gasteiger partial charge in [-0.3, -0.25) is 4.79 Å². The zero-order chi connectivity index (χ0) is 18.8. The Hall–Kier alpha value is -2.49. The van der Waals surface area contributed by atoms with Crippen LogP contribution in [-0.4, -0.2) is 41.1 Å². The van der Waals surface area contributed by atoms with Crippen LogP contribution in [0.4, 0.5) is 13.6 Å². The van der Waals surface area contributed by atoms with Crippen molar-refractivity contribution in [3.05, 3.63) is 35.1 Å². The van der Waals surface area contributed by atoms with Crippen LogP contribution in [0.1, 0.15) is 49.5 Å². The molecule has 7 heteroatoms. The van der Waals surface area contributed by atoms with Crippen molar-refractivity contribution in [3.63, 3.8) is 0 Å². The number of carbonyl (C=O) groups excluding carboxylic acids is 2. The summed E-state index contributed by atoms with van der Waals surface area (Å²) in [4.78, 5) is 25.7. The Balaban J connectivity index is 2.08. The van der Waals surface area contributed by atoms with E-state index in [2.05, 4.69) is 0 Å². The van der Waals surface area contributed by atoms with E-state index in [9.17, 15) is 14.0 Å². The number of amides is 1. The van der Waals surface area contributed by atoms with E-state index >= 15 is 4.39 Å². The van der Waals surface area contributed by atoms with Crippen molar-refractivity contribution in [3.8, 4) is 6.07 Å². The summed E-state index contributed by atoms with van der Waals surface area (Å²) in [5.41, 5.74) is -3.23. The molecule has 0 spiro atoms. The molecule has 25 heavy (non-hydrogen) atoms. The van der Waals surface area contributed by atoms with Gasteiger partial charge in [-0.15, -0.1) is 0 Å². The van der Waals surface area contributed by atoms with Gasteiger partial charge in [0, 0.05) is 25.9 Å². The lowest BCUT2D eigenvalue weighted by molar-refractivity contribution is 0.00490. The maximum atomic E-state index is 15.0. The number of ether oxygens (including phenoxy) is 1. The van der Waals surface area contributed by atoms with E-state index in [0.717, 1.165) is 12.1 Å². The fourth-order valence-corrected chi connectivity index (χ4v) is 2.61. The van der Waals surface area contributed by atoms with E-state index in [1.165, 1.54) is 11.0 Å². The van der Waals surface area contributed by atoms with Gasteiger partial charge < -0.3 is 9.64 Å². The third kappa shape index (κ3) is 4.32. The fraction of sp³-hybridized carbons (Fsp3) is 0.500. The van der Waals surface area contributed by atoms with Crippen LogP contribution in [0.15, 0.2) is 18.2 Å². The lowest BCUT2D eigenvalue weighted by Crippen LogP contribution is -2.49. The summed E-state index contributed by atoms with van der Waals surface area (Å²) in [5, 5.41) is 8.73. The van der Waals surface area contributed by atoms with E-state index in [1.54, 1.807) is 26.8 Å². The van der Waals surface area contributed by atoms with E-state index in [0.29, 0.717) is 0 Å². The van der Waals surface area contributed by atoms with Crippen LogP contribution >= 0.6 is 0 Å². The summed E-state index contributed by atoms with van der Waals surface area (Å²) in [5.74, 6) is -1.88. The van der Waals surface area contributed by atoms with Gasteiger partial charge in [-0.2, -0.15) is 5.26 Å². The number of hydrogen-bond acceptors (Lipinski definition) is 4. The second kappa shape index (κ2) is 6.79. The van der Waals surface area contributed by atoms with E-state index in [-0.39, 0.29) is 37.1 Å². The van der Waals surface area contributed by atoms with Crippen LogP contribution in [0.2, 0.25) is 0 Å². The summed E-state index contributed by atoms with van der Waals surface area (Å²) >= 11 is 0. The lowest BCUT2D eigenvalue weighted by atomic mass is 9.85. The molecule has 0 saturated carbocycles. The first-order valence-corrected chi connectivity index (χ1v) is 7.97. The van der Waals surface area contributed by atoms with Gasteiger partial charge in [0.25, 0.3) is 0 Å². The number of carbonyl (C=O) groups is 2. The van der Waals surface area contributed by atoms with E-state index in [1.807, 2.05) is 0 Å². The van der Waals surface area contributed by atoms with Crippen LogP contribution in [-0.2, 0) is 4.74 Å². The number of ketones is 1. The maximum absolute atomic E-state index is 15.0. The molecular formula is C18H20F2N2O3. The molecule has 1 aromatic rings. The highest BCUT2D eigenvalue weighted by Gasteiger charge is 2.44. The Labute approximate surface area is 145 Å². The van der Waals surface area contributed by atoms with Crippen LogP contribution < -0.4 is 0 Å². The number of halogens is 2. The van der Waals surface area contributed by atoms with Crippen LogP contribution in [0.3, 0.4) is 0 Å². The average molecular weight is 350 g/mol. The minimum atomic E-state index is -2.24. The number of likely N-dealkylation sites (tertiary alicyclic amines) is 1. The molecule has 5 nitrogen and oxygen atoms in total. The number of rotatable bonds is 2. The third-order valence-electron chi connectivity index (χ3n) is 3.96. The molecule has 1 amide bonds. The summed E-state index contributed by atoms with van der Waals surface area (Å²) in [6.45, 7) is 5.20. The predicted molar refractivity (Wildman–Crippen MR) is 86.3 cm³/mol. The number of piperidine rings is 1. The van der Waals surface area contributed by atoms with Gasteiger partial charge in [-0.05, 0) is 39.0 Å². The number of alkyl halides is 1. The van der Waals surface area contributed by atoms with Crippen molar-refractivity contribution in [2.75, 3.05) is 13.1 Å². The number of nitrogens with zero attached hydrogens (tertiary/aromatic N) is 2. The van der Waals surface area contributed by atoms with Crippen molar-refractivity contribution < 1.29 is 23.1 Å². The maximum Gasteiger partial charge on any atom is 0.410 e. The first-order valence-electron chi connectivity index (χ1n) is 7.97. The SMILES string of the molecule is CC(C)(C)OC(=O)N1CCC(F)(C(=O)c2ccc(C#N)cc2F)CC1. The van der Waals surface area contributed by atoms with Crippen LogP contribution in [0, 0.1) is 17.1 Å². The Bertz CT molecular complexity index is 727. The highest BCUT2D eigenvalue weighted by Crippen LogP contribution is 2.32. The number of hydrogen-bond donors (Lipinski definition) is 0. The molecule has 0 atom stereocenters. The molecule has 2 rings (SSSR count). The zero-order valence-corrected chi connectivity index (χ0v) is 14.4. The van der Waals surface area contributed by atoms with Gasteiger partial charge in [-0.25, -0.2) is 13.6 Å². The Morgan fingerprint density at radius 2 is 1.88 bits per heavy atom. The second-order valence-corrected chi connectivity index (χ2v) is 7.07. The number of benzene rings is 1. The standard InChI is InChI=1S/C18H20F2N2O3/c1-17(2,3)25-16(24)22-8-6-18(20,7-9-22)15(23)13-5-4-12(11-21)10-14(13)19/h4-5,10H,6-9H2,1-3H3. The second-order valence-electron chi connectivity index (χ2n) is 7.07. The monoisotopic (exact) mass is 350 g/mol. The molecule has 1 aromatic carbocycles. The Kier molecular flexibility index (Phi) is 5.12. The molecule has 0 aromatic heterocycles. The molecule has 1 saturated heterocycles. The smallest absolute Gasteiger partial charge is 0.410 e. The first-order chi connectivity index (χ1) is 11.6. The summed E-state index contributed by atoms with van der Waals surface area (Å²) in [6.07, 6.45) is -1.03. The molecule has 0 radical (unpaired) electrons. The van der Waals surface area contributed by atoms with Gasteiger partial charge in [0.1, 0.15) is 11.4 Å². The molecule has 0 aliphatic carbocycles. The Morgan fingerprint density at radius 1 is 1.28 bits per heavy atom.